The molecule has 3 rings (SSSR count). The van der Waals surface area contributed by atoms with Crippen molar-refractivity contribution in [3.8, 4) is 5.69 Å². The van der Waals surface area contributed by atoms with Crippen LogP contribution in [0.2, 0.25) is 0 Å². The maximum Gasteiger partial charge on any atom is 0.113 e. The molecule has 0 amide bonds. The van der Waals surface area contributed by atoms with Crippen LogP contribution in [0.5, 0.6) is 0 Å². The number of para-hydroxylation sites is 2. The molecule has 0 bridgehead atoms. The van der Waals surface area contributed by atoms with Gasteiger partial charge in [-0.2, -0.15) is 0 Å². The number of hydrogen-bond acceptors (Lipinski definition) is 3. The quantitative estimate of drug-likeness (QED) is 0.744. The third-order valence-corrected chi connectivity index (χ3v) is 3.10. The average molecular weight is 238 g/mol. The first-order chi connectivity index (χ1) is 8.81. The molecule has 0 radical (unpaired) electrons. The van der Waals surface area contributed by atoms with Gasteiger partial charge in [0.2, 0.25) is 0 Å². The number of benzene rings is 2. The second-order valence-corrected chi connectivity index (χ2v) is 4.28. The molecule has 0 spiro atoms. The van der Waals surface area contributed by atoms with Gasteiger partial charge < -0.3 is 5.73 Å². The van der Waals surface area contributed by atoms with Gasteiger partial charge in [0.25, 0.3) is 0 Å². The van der Waals surface area contributed by atoms with Crippen LogP contribution in [-0.2, 0) is 6.54 Å². The SMILES string of the molecule is Cc1cccc(CN)c1-n1nnc2ccccc21. The summed E-state index contributed by atoms with van der Waals surface area (Å²) in [7, 11) is 0. The molecule has 0 saturated heterocycles. The molecule has 1 aromatic heterocycles. The Labute approximate surface area is 105 Å². The smallest absolute Gasteiger partial charge is 0.113 e. The zero-order valence-electron chi connectivity index (χ0n) is 10.2. The second-order valence-electron chi connectivity index (χ2n) is 4.28. The van der Waals surface area contributed by atoms with Crippen molar-refractivity contribution in [2.75, 3.05) is 0 Å². The van der Waals surface area contributed by atoms with Gasteiger partial charge in [-0.3, -0.25) is 0 Å². The molecule has 18 heavy (non-hydrogen) atoms. The Morgan fingerprint density at radius 3 is 2.78 bits per heavy atom. The van der Waals surface area contributed by atoms with Gasteiger partial charge in [0, 0.05) is 6.54 Å². The fourth-order valence-corrected chi connectivity index (χ4v) is 2.22. The Kier molecular flexibility index (Phi) is 2.57. The van der Waals surface area contributed by atoms with Crippen LogP contribution >= 0.6 is 0 Å². The Bertz CT molecular complexity index is 700. The minimum Gasteiger partial charge on any atom is -0.326 e. The van der Waals surface area contributed by atoms with E-state index in [1.165, 1.54) is 0 Å². The summed E-state index contributed by atoms with van der Waals surface area (Å²) < 4.78 is 1.87. The molecular weight excluding hydrogens is 224 g/mol. The number of aromatic nitrogens is 3. The summed E-state index contributed by atoms with van der Waals surface area (Å²) >= 11 is 0. The molecule has 0 aliphatic heterocycles. The largest absolute Gasteiger partial charge is 0.326 e. The number of fused-ring (bicyclic) bond motifs is 1. The zero-order valence-corrected chi connectivity index (χ0v) is 10.2. The van der Waals surface area contributed by atoms with Crippen molar-refractivity contribution in [1.29, 1.82) is 0 Å². The van der Waals surface area contributed by atoms with Crippen LogP contribution in [0.4, 0.5) is 0 Å². The molecule has 1 heterocycles. The summed E-state index contributed by atoms with van der Waals surface area (Å²) in [5.74, 6) is 0. The molecule has 0 aliphatic carbocycles. The van der Waals surface area contributed by atoms with Crippen molar-refractivity contribution in [1.82, 2.24) is 15.0 Å². The van der Waals surface area contributed by atoms with E-state index < -0.39 is 0 Å². The van der Waals surface area contributed by atoms with Crippen LogP contribution in [0, 0.1) is 6.92 Å². The predicted molar refractivity (Wildman–Crippen MR) is 71.5 cm³/mol. The van der Waals surface area contributed by atoms with Gasteiger partial charge in [-0.1, -0.05) is 35.5 Å². The molecule has 90 valence electrons. The van der Waals surface area contributed by atoms with Crippen LogP contribution in [0.15, 0.2) is 42.5 Å². The Hall–Kier alpha value is -2.20. The Morgan fingerprint density at radius 1 is 1.11 bits per heavy atom. The highest BCUT2D eigenvalue weighted by Crippen LogP contribution is 2.22. The van der Waals surface area contributed by atoms with Crippen molar-refractivity contribution in [2.45, 2.75) is 13.5 Å². The van der Waals surface area contributed by atoms with Gasteiger partial charge in [0.1, 0.15) is 5.52 Å². The number of rotatable bonds is 2. The van der Waals surface area contributed by atoms with Gasteiger partial charge in [-0.25, -0.2) is 4.68 Å². The lowest BCUT2D eigenvalue weighted by Crippen LogP contribution is -2.07. The summed E-state index contributed by atoms with van der Waals surface area (Å²) in [6.07, 6.45) is 0. The summed E-state index contributed by atoms with van der Waals surface area (Å²) in [6.45, 7) is 2.55. The van der Waals surface area contributed by atoms with Crippen molar-refractivity contribution in [2.24, 2.45) is 5.73 Å². The van der Waals surface area contributed by atoms with Crippen LogP contribution < -0.4 is 5.73 Å². The van der Waals surface area contributed by atoms with Gasteiger partial charge >= 0.3 is 0 Å². The molecule has 4 nitrogen and oxygen atoms in total. The van der Waals surface area contributed by atoms with E-state index in [-0.39, 0.29) is 0 Å². The van der Waals surface area contributed by atoms with Crippen molar-refractivity contribution < 1.29 is 0 Å². The van der Waals surface area contributed by atoms with E-state index >= 15 is 0 Å². The molecule has 0 unspecified atom stereocenters. The monoisotopic (exact) mass is 238 g/mol. The number of nitrogens with zero attached hydrogens (tertiary/aromatic N) is 3. The first-order valence-corrected chi connectivity index (χ1v) is 5.90. The highest BCUT2D eigenvalue weighted by Gasteiger charge is 2.11. The molecule has 2 N–H and O–H groups in total. The van der Waals surface area contributed by atoms with Crippen LogP contribution in [0.1, 0.15) is 11.1 Å². The molecule has 0 saturated carbocycles. The van der Waals surface area contributed by atoms with Crippen LogP contribution in [0.3, 0.4) is 0 Å². The molecule has 0 aliphatic rings. The minimum absolute atomic E-state index is 0.491. The molecule has 0 fully saturated rings. The Morgan fingerprint density at radius 2 is 1.94 bits per heavy atom. The normalized spacial score (nSPS) is 11.0. The third-order valence-electron chi connectivity index (χ3n) is 3.10. The number of nitrogens with two attached hydrogens (primary N) is 1. The van der Waals surface area contributed by atoms with Gasteiger partial charge in [0.15, 0.2) is 0 Å². The second kappa shape index (κ2) is 4.23. The van der Waals surface area contributed by atoms with E-state index in [0.717, 1.165) is 27.8 Å². The van der Waals surface area contributed by atoms with E-state index in [2.05, 4.69) is 23.3 Å². The minimum atomic E-state index is 0.491. The van der Waals surface area contributed by atoms with Crippen molar-refractivity contribution >= 4 is 11.0 Å². The third kappa shape index (κ3) is 1.58. The summed E-state index contributed by atoms with van der Waals surface area (Å²) in [5, 5.41) is 8.43. The fourth-order valence-electron chi connectivity index (χ4n) is 2.22. The van der Waals surface area contributed by atoms with E-state index in [1.54, 1.807) is 0 Å². The predicted octanol–water partition coefficient (Wildman–Crippen LogP) is 2.19. The molecular formula is C14H14N4. The standard InChI is InChI=1S/C14H14N4/c1-10-5-4-6-11(9-15)14(10)18-13-8-3-2-7-12(13)16-17-18/h2-8H,9,15H2,1H3. The molecule has 3 aromatic rings. The number of hydrogen-bond donors (Lipinski definition) is 1. The average Bonchev–Trinajstić information content (AvgIpc) is 2.82. The summed E-state index contributed by atoms with van der Waals surface area (Å²) in [6, 6.07) is 14.0. The van der Waals surface area contributed by atoms with Crippen molar-refractivity contribution in [3.05, 3.63) is 53.6 Å². The molecule has 0 atom stereocenters. The molecule has 4 heteroatoms. The van der Waals surface area contributed by atoms with Crippen LogP contribution in [-0.4, -0.2) is 15.0 Å². The van der Waals surface area contributed by atoms with E-state index in [0.29, 0.717) is 6.54 Å². The highest BCUT2D eigenvalue weighted by molar-refractivity contribution is 5.76. The van der Waals surface area contributed by atoms with E-state index in [1.807, 2.05) is 41.1 Å². The lowest BCUT2D eigenvalue weighted by Gasteiger charge is -2.11. The first kappa shape index (κ1) is 10.9. The van der Waals surface area contributed by atoms with Crippen molar-refractivity contribution in [3.63, 3.8) is 0 Å². The van der Waals surface area contributed by atoms with Crippen LogP contribution in [0.25, 0.3) is 16.7 Å². The van der Waals surface area contributed by atoms with E-state index in [9.17, 15) is 0 Å². The van der Waals surface area contributed by atoms with E-state index in [4.69, 9.17) is 5.73 Å². The fraction of sp³-hybridized carbons (Fsp3) is 0.143. The molecule has 2 aromatic carbocycles. The number of aryl methyl sites for hydroxylation is 1. The summed E-state index contributed by atoms with van der Waals surface area (Å²) in [5.41, 5.74) is 11.0. The van der Waals surface area contributed by atoms with Gasteiger partial charge in [-0.05, 0) is 30.2 Å². The Balaban J connectivity index is 2.33. The van der Waals surface area contributed by atoms with Gasteiger partial charge in [0.05, 0.1) is 11.2 Å². The first-order valence-electron chi connectivity index (χ1n) is 5.90. The zero-order chi connectivity index (χ0) is 12.5. The lowest BCUT2D eigenvalue weighted by molar-refractivity contribution is 0.806. The lowest BCUT2D eigenvalue weighted by atomic mass is 10.1. The maximum atomic E-state index is 5.81. The van der Waals surface area contributed by atoms with Gasteiger partial charge in [-0.15, -0.1) is 5.10 Å². The topological polar surface area (TPSA) is 56.7 Å². The highest BCUT2D eigenvalue weighted by atomic mass is 15.4. The maximum absolute atomic E-state index is 5.81. The summed E-state index contributed by atoms with van der Waals surface area (Å²) in [4.78, 5) is 0.